The minimum Gasteiger partial charge on any atom is -0.375 e. The molecule has 0 amide bonds. The first-order valence-corrected chi connectivity index (χ1v) is 4.85. The zero-order valence-corrected chi connectivity index (χ0v) is 8.03. The number of thiophene rings is 1. The Morgan fingerprint density at radius 2 is 2.42 bits per heavy atom. The van der Waals surface area contributed by atoms with Crippen molar-refractivity contribution in [2.75, 3.05) is 18.4 Å². The lowest BCUT2D eigenvalue weighted by molar-refractivity contribution is 0.714. The number of hydrogen-bond acceptors (Lipinski definition) is 4. The molecule has 0 aliphatic heterocycles. The summed E-state index contributed by atoms with van der Waals surface area (Å²) in [5.41, 5.74) is 12.3. The summed E-state index contributed by atoms with van der Waals surface area (Å²) in [6.07, 6.45) is 0. The SMILES string of the molecule is Cc1ccsc1NCC(N)CN. The first kappa shape index (κ1) is 9.51. The van der Waals surface area contributed by atoms with Crippen LogP contribution in [0.25, 0.3) is 0 Å². The minimum atomic E-state index is 0.0477. The van der Waals surface area contributed by atoms with Crippen LogP contribution in [0.1, 0.15) is 5.56 Å². The molecule has 1 aromatic rings. The second-order valence-corrected chi connectivity index (χ2v) is 3.73. The maximum absolute atomic E-state index is 5.66. The third-order valence-corrected chi connectivity index (χ3v) is 2.66. The summed E-state index contributed by atoms with van der Waals surface area (Å²) in [7, 11) is 0. The molecule has 12 heavy (non-hydrogen) atoms. The molecule has 0 saturated carbocycles. The zero-order chi connectivity index (χ0) is 8.97. The molecule has 0 aromatic carbocycles. The number of aryl methyl sites for hydroxylation is 1. The van der Waals surface area contributed by atoms with Crippen LogP contribution in [0.5, 0.6) is 0 Å². The van der Waals surface area contributed by atoms with Crippen molar-refractivity contribution < 1.29 is 0 Å². The fourth-order valence-electron chi connectivity index (χ4n) is 0.861. The average molecular weight is 185 g/mol. The van der Waals surface area contributed by atoms with Gasteiger partial charge in [-0.2, -0.15) is 0 Å². The van der Waals surface area contributed by atoms with Gasteiger partial charge in [-0.25, -0.2) is 0 Å². The van der Waals surface area contributed by atoms with Crippen LogP contribution in [-0.2, 0) is 0 Å². The molecule has 0 saturated heterocycles. The summed E-state index contributed by atoms with van der Waals surface area (Å²) < 4.78 is 0. The molecule has 0 spiro atoms. The van der Waals surface area contributed by atoms with Crippen molar-refractivity contribution in [3.63, 3.8) is 0 Å². The van der Waals surface area contributed by atoms with Crippen molar-refractivity contribution in [1.29, 1.82) is 0 Å². The molecule has 0 bridgehead atoms. The van der Waals surface area contributed by atoms with E-state index in [1.165, 1.54) is 10.6 Å². The van der Waals surface area contributed by atoms with Crippen molar-refractivity contribution >= 4 is 16.3 Å². The van der Waals surface area contributed by atoms with Gasteiger partial charge in [0.15, 0.2) is 0 Å². The van der Waals surface area contributed by atoms with Gasteiger partial charge in [-0.1, -0.05) is 0 Å². The van der Waals surface area contributed by atoms with Gasteiger partial charge in [0.05, 0.1) is 5.00 Å². The van der Waals surface area contributed by atoms with Crippen LogP contribution in [0.15, 0.2) is 11.4 Å². The molecule has 1 aromatic heterocycles. The number of nitrogens with one attached hydrogen (secondary N) is 1. The van der Waals surface area contributed by atoms with Gasteiger partial charge < -0.3 is 16.8 Å². The molecule has 4 heteroatoms. The van der Waals surface area contributed by atoms with Gasteiger partial charge in [-0.05, 0) is 23.9 Å². The molecule has 3 nitrogen and oxygen atoms in total. The van der Waals surface area contributed by atoms with E-state index in [9.17, 15) is 0 Å². The summed E-state index contributed by atoms with van der Waals surface area (Å²) in [6, 6.07) is 2.13. The molecule has 5 N–H and O–H groups in total. The summed E-state index contributed by atoms with van der Waals surface area (Å²) in [5.74, 6) is 0. The van der Waals surface area contributed by atoms with Gasteiger partial charge in [0, 0.05) is 19.1 Å². The van der Waals surface area contributed by atoms with Crippen molar-refractivity contribution in [1.82, 2.24) is 0 Å². The lowest BCUT2D eigenvalue weighted by Crippen LogP contribution is -2.36. The van der Waals surface area contributed by atoms with E-state index in [1.54, 1.807) is 11.3 Å². The Bertz CT molecular complexity index is 234. The van der Waals surface area contributed by atoms with Gasteiger partial charge in [-0.3, -0.25) is 0 Å². The maximum atomic E-state index is 5.66. The molecular formula is C8H15N3S. The molecule has 1 heterocycles. The second-order valence-electron chi connectivity index (χ2n) is 2.81. The van der Waals surface area contributed by atoms with Crippen LogP contribution in [-0.4, -0.2) is 19.1 Å². The molecule has 0 aliphatic rings. The Morgan fingerprint density at radius 3 is 2.92 bits per heavy atom. The smallest absolute Gasteiger partial charge is 0.0912 e. The van der Waals surface area contributed by atoms with Crippen LogP contribution in [0.4, 0.5) is 5.00 Å². The number of anilines is 1. The van der Waals surface area contributed by atoms with Crippen LogP contribution in [0.3, 0.4) is 0 Å². The second kappa shape index (κ2) is 4.45. The van der Waals surface area contributed by atoms with Crippen LogP contribution in [0.2, 0.25) is 0 Å². The van der Waals surface area contributed by atoms with Crippen molar-refractivity contribution in [3.05, 3.63) is 17.0 Å². The highest BCUT2D eigenvalue weighted by molar-refractivity contribution is 7.14. The normalized spacial score (nSPS) is 12.9. The van der Waals surface area contributed by atoms with E-state index in [-0.39, 0.29) is 6.04 Å². The van der Waals surface area contributed by atoms with Crippen molar-refractivity contribution in [2.45, 2.75) is 13.0 Å². The number of nitrogens with two attached hydrogens (primary N) is 2. The van der Waals surface area contributed by atoms with Gasteiger partial charge in [0.1, 0.15) is 0 Å². The zero-order valence-electron chi connectivity index (χ0n) is 7.21. The highest BCUT2D eigenvalue weighted by Crippen LogP contribution is 2.21. The predicted octanol–water partition coefficient (Wildman–Crippen LogP) is 0.754. The van der Waals surface area contributed by atoms with Crippen molar-refractivity contribution in [2.24, 2.45) is 11.5 Å². The van der Waals surface area contributed by atoms with E-state index in [0.29, 0.717) is 6.54 Å². The standard InChI is InChI=1S/C8H15N3S/c1-6-2-3-12-8(6)11-5-7(10)4-9/h2-3,7,11H,4-5,9-10H2,1H3. The van der Waals surface area contributed by atoms with Crippen LogP contribution >= 0.6 is 11.3 Å². The van der Waals surface area contributed by atoms with E-state index < -0.39 is 0 Å². The molecule has 0 aliphatic carbocycles. The summed E-state index contributed by atoms with van der Waals surface area (Å²) >= 11 is 1.69. The topological polar surface area (TPSA) is 64.1 Å². The van der Waals surface area contributed by atoms with Gasteiger partial charge >= 0.3 is 0 Å². The highest BCUT2D eigenvalue weighted by Gasteiger charge is 2.01. The van der Waals surface area contributed by atoms with E-state index in [4.69, 9.17) is 11.5 Å². The third-order valence-electron chi connectivity index (χ3n) is 1.69. The summed E-state index contributed by atoms with van der Waals surface area (Å²) in [6.45, 7) is 3.35. The molecule has 0 fully saturated rings. The first-order valence-electron chi connectivity index (χ1n) is 3.97. The molecule has 1 atom stereocenters. The quantitative estimate of drug-likeness (QED) is 0.648. The number of hydrogen-bond donors (Lipinski definition) is 3. The van der Waals surface area contributed by atoms with Gasteiger partial charge in [0.2, 0.25) is 0 Å². The monoisotopic (exact) mass is 185 g/mol. The predicted molar refractivity (Wildman–Crippen MR) is 54.6 cm³/mol. The molecule has 0 radical (unpaired) electrons. The van der Waals surface area contributed by atoms with E-state index in [1.807, 2.05) is 0 Å². The third kappa shape index (κ3) is 2.48. The maximum Gasteiger partial charge on any atom is 0.0912 e. The Kier molecular flexibility index (Phi) is 3.52. The molecule has 68 valence electrons. The van der Waals surface area contributed by atoms with Gasteiger partial charge in [-0.15, -0.1) is 11.3 Å². The highest BCUT2D eigenvalue weighted by atomic mass is 32.1. The summed E-state index contributed by atoms with van der Waals surface area (Å²) in [4.78, 5) is 0. The van der Waals surface area contributed by atoms with Gasteiger partial charge in [0.25, 0.3) is 0 Å². The Balaban J connectivity index is 2.38. The minimum absolute atomic E-state index is 0.0477. The number of rotatable bonds is 4. The van der Waals surface area contributed by atoms with E-state index in [0.717, 1.165) is 6.54 Å². The fourth-order valence-corrected chi connectivity index (χ4v) is 1.69. The molecule has 1 rings (SSSR count). The van der Waals surface area contributed by atoms with Crippen LogP contribution < -0.4 is 16.8 Å². The fraction of sp³-hybridized carbons (Fsp3) is 0.500. The van der Waals surface area contributed by atoms with E-state index >= 15 is 0 Å². The Hall–Kier alpha value is -0.580. The first-order chi connectivity index (χ1) is 5.74. The lowest BCUT2D eigenvalue weighted by atomic mass is 10.3. The van der Waals surface area contributed by atoms with Crippen LogP contribution in [0, 0.1) is 6.92 Å². The molecule has 1 unspecified atom stereocenters. The lowest BCUT2D eigenvalue weighted by Gasteiger charge is -2.10. The molecular weight excluding hydrogens is 170 g/mol. The largest absolute Gasteiger partial charge is 0.375 e. The Labute approximate surface area is 76.8 Å². The Morgan fingerprint density at radius 1 is 1.67 bits per heavy atom. The van der Waals surface area contributed by atoms with E-state index in [2.05, 4.69) is 23.7 Å². The summed E-state index contributed by atoms with van der Waals surface area (Å²) in [5, 5.41) is 6.51. The van der Waals surface area contributed by atoms with Crippen molar-refractivity contribution in [3.8, 4) is 0 Å². The average Bonchev–Trinajstić information content (AvgIpc) is 2.47.